The Balaban J connectivity index is 2.72. The summed E-state index contributed by atoms with van der Waals surface area (Å²) in [6.45, 7) is 0.805. The summed E-state index contributed by atoms with van der Waals surface area (Å²) in [6.07, 6.45) is -4.58. The minimum absolute atomic E-state index is 0.144. The summed E-state index contributed by atoms with van der Waals surface area (Å²) >= 11 is 3.19. The second kappa shape index (κ2) is 6.88. The van der Waals surface area contributed by atoms with Crippen LogP contribution in [0.3, 0.4) is 0 Å². The molecule has 0 radical (unpaired) electrons. The maximum absolute atomic E-state index is 12.3. The second-order valence-electron chi connectivity index (χ2n) is 3.31. The Morgan fingerprint density at radius 3 is 2.59 bits per heavy atom. The van der Waals surface area contributed by atoms with Gasteiger partial charge < -0.3 is 14.6 Å². The van der Waals surface area contributed by atoms with Crippen LogP contribution >= 0.6 is 15.9 Å². The number of alkyl halides is 2. The molecule has 1 atom stereocenters. The van der Waals surface area contributed by atoms with Crippen LogP contribution in [-0.2, 0) is 4.74 Å². The van der Waals surface area contributed by atoms with Crippen molar-refractivity contribution < 1.29 is 23.4 Å². The second-order valence-corrected chi connectivity index (χ2v) is 4.16. The van der Waals surface area contributed by atoms with E-state index in [1.54, 1.807) is 7.11 Å². The number of benzene rings is 1. The highest BCUT2D eigenvalue weighted by Crippen LogP contribution is 2.30. The number of ether oxygens (including phenoxy) is 2. The van der Waals surface area contributed by atoms with E-state index in [4.69, 9.17) is 9.47 Å². The van der Waals surface area contributed by atoms with E-state index >= 15 is 0 Å². The predicted molar refractivity (Wildman–Crippen MR) is 62.5 cm³/mol. The first-order valence-electron chi connectivity index (χ1n) is 4.93. The van der Waals surface area contributed by atoms with Gasteiger partial charge in [-0.3, -0.25) is 0 Å². The van der Waals surface area contributed by atoms with E-state index in [1.165, 1.54) is 18.2 Å². The van der Waals surface area contributed by atoms with Gasteiger partial charge in [0.2, 0.25) is 0 Å². The fourth-order valence-electron chi connectivity index (χ4n) is 1.20. The van der Waals surface area contributed by atoms with Crippen molar-refractivity contribution in [1.29, 1.82) is 0 Å². The maximum Gasteiger partial charge on any atom is 0.268 e. The van der Waals surface area contributed by atoms with E-state index < -0.39 is 12.5 Å². The largest absolute Gasteiger partial charge is 0.490 e. The first-order chi connectivity index (χ1) is 8.06. The molecule has 0 aliphatic rings. The number of hydrogen-bond donors (Lipinski definition) is 1. The Hall–Kier alpha value is -0.720. The monoisotopic (exact) mass is 310 g/mol. The van der Waals surface area contributed by atoms with Crippen LogP contribution in [0.15, 0.2) is 22.7 Å². The molecule has 0 aliphatic carbocycles. The van der Waals surface area contributed by atoms with E-state index in [9.17, 15) is 13.9 Å². The van der Waals surface area contributed by atoms with Gasteiger partial charge in [-0.1, -0.05) is 6.07 Å². The van der Waals surface area contributed by atoms with Crippen LogP contribution in [0.1, 0.15) is 11.7 Å². The molecule has 0 bridgehead atoms. The zero-order valence-corrected chi connectivity index (χ0v) is 10.8. The fraction of sp³-hybridized carbons (Fsp3) is 0.455. The molecule has 96 valence electrons. The maximum atomic E-state index is 12.3. The van der Waals surface area contributed by atoms with Crippen molar-refractivity contribution in [2.24, 2.45) is 0 Å². The van der Waals surface area contributed by atoms with Crippen molar-refractivity contribution in [3.05, 3.63) is 28.2 Å². The molecule has 0 aromatic heterocycles. The lowest BCUT2D eigenvalue weighted by Crippen LogP contribution is -2.08. The molecule has 0 saturated heterocycles. The van der Waals surface area contributed by atoms with Crippen LogP contribution in [0, 0.1) is 0 Å². The van der Waals surface area contributed by atoms with Gasteiger partial charge in [-0.25, -0.2) is 8.78 Å². The van der Waals surface area contributed by atoms with Crippen molar-refractivity contribution in [2.75, 3.05) is 20.3 Å². The minimum atomic E-state index is -2.80. The van der Waals surface area contributed by atoms with Crippen LogP contribution in [-0.4, -0.2) is 31.9 Å². The fourth-order valence-corrected chi connectivity index (χ4v) is 1.71. The zero-order valence-electron chi connectivity index (χ0n) is 9.20. The Labute approximate surface area is 106 Å². The molecule has 0 spiro atoms. The molecule has 0 saturated carbocycles. The third-order valence-corrected chi connectivity index (χ3v) is 2.70. The van der Waals surface area contributed by atoms with Crippen molar-refractivity contribution in [1.82, 2.24) is 0 Å². The molecule has 0 aliphatic heterocycles. The summed E-state index contributed by atoms with van der Waals surface area (Å²) < 4.78 is 35.2. The minimum Gasteiger partial charge on any atom is -0.490 e. The van der Waals surface area contributed by atoms with Crippen molar-refractivity contribution in [3.8, 4) is 5.75 Å². The van der Waals surface area contributed by atoms with Crippen LogP contribution < -0.4 is 4.74 Å². The lowest BCUT2D eigenvalue weighted by Gasteiger charge is -2.12. The summed E-state index contributed by atoms with van der Waals surface area (Å²) in [4.78, 5) is 0. The van der Waals surface area contributed by atoms with Gasteiger partial charge in [0, 0.05) is 7.11 Å². The quantitative estimate of drug-likeness (QED) is 0.821. The van der Waals surface area contributed by atoms with Gasteiger partial charge in [-0.05, 0) is 33.6 Å². The van der Waals surface area contributed by atoms with Gasteiger partial charge in [0.1, 0.15) is 18.5 Å². The molecule has 1 aromatic carbocycles. The average Bonchev–Trinajstić information content (AvgIpc) is 2.30. The van der Waals surface area contributed by atoms with Crippen molar-refractivity contribution >= 4 is 15.9 Å². The molecule has 1 rings (SSSR count). The van der Waals surface area contributed by atoms with Crippen LogP contribution in [0.4, 0.5) is 8.78 Å². The molecule has 0 heterocycles. The summed E-state index contributed by atoms with van der Waals surface area (Å²) in [7, 11) is 1.56. The summed E-state index contributed by atoms with van der Waals surface area (Å²) in [5, 5.41) is 9.20. The molecule has 17 heavy (non-hydrogen) atoms. The number of rotatable bonds is 6. The third kappa shape index (κ3) is 4.22. The predicted octanol–water partition coefficient (Wildman–Crippen LogP) is 2.77. The third-order valence-electron chi connectivity index (χ3n) is 2.08. The number of aliphatic hydroxyl groups excluding tert-OH is 1. The van der Waals surface area contributed by atoms with E-state index in [0.717, 1.165) is 0 Å². The molecular formula is C11H13BrF2O3. The van der Waals surface area contributed by atoms with E-state index in [2.05, 4.69) is 15.9 Å². The molecule has 3 nitrogen and oxygen atoms in total. The van der Waals surface area contributed by atoms with Gasteiger partial charge in [0.25, 0.3) is 6.43 Å². The average molecular weight is 311 g/mol. The van der Waals surface area contributed by atoms with Crippen LogP contribution in [0.5, 0.6) is 5.75 Å². The zero-order chi connectivity index (χ0) is 12.8. The Kier molecular flexibility index (Phi) is 5.80. The molecule has 1 unspecified atom stereocenters. The van der Waals surface area contributed by atoms with Gasteiger partial charge >= 0.3 is 0 Å². The van der Waals surface area contributed by atoms with Gasteiger partial charge in [0.05, 0.1) is 11.1 Å². The number of halogens is 3. The Morgan fingerprint density at radius 2 is 2.06 bits per heavy atom. The molecule has 1 aromatic rings. The van der Waals surface area contributed by atoms with E-state index in [-0.39, 0.29) is 5.56 Å². The van der Waals surface area contributed by atoms with E-state index in [0.29, 0.717) is 23.4 Å². The number of aliphatic hydroxyl groups is 1. The van der Waals surface area contributed by atoms with E-state index in [1.807, 2.05) is 0 Å². The Bertz CT molecular complexity index is 361. The lowest BCUT2D eigenvalue weighted by molar-refractivity contribution is -0.00584. The summed E-state index contributed by atoms with van der Waals surface area (Å²) in [6, 6.07) is 4.35. The van der Waals surface area contributed by atoms with Crippen LogP contribution in [0.25, 0.3) is 0 Å². The Morgan fingerprint density at radius 1 is 1.35 bits per heavy atom. The SMILES string of the molecule is COCCOc1ccc(C(O)C(F)F)cc1Br. The van der Waals surface area contributed by atoms with Crippen LogP contribution in [0.2, 0.25) is 0 Å². The van der Waals surface area contributed by atoms with Crippen molar-refractivity contribution in [3.63, 3.8) is 0 Å². The highest BCUT2D eigenvalue weighted by atomic mass is 79.9. The van der Waals surface area contributed by atoms with Crippen molar-refractivity contribution in [2.45, 2.75) is 12.5 Å². The molecular weight excluding hydrogens is 298 g/mol. The molecule has 1 N–H and O–H groups in total. The van der Waals surface area contributed by atoms with Gasteiger partial charge in [-0.15, -0.1) is 0 Å². The topological polar surface area (TPSA) is 38.7 Å². The summed E-state index contributed by atoms with van der Waals surface area (Å²) in [5.74, 6) is 0.521. The number of hydrogen-bond acceptors (Lipinski definition) is 3. The molecule has 0 amide bonds. The molecule has 6 heteroatoms. The number of methoxy groups -OCH3 is 1. The molecule has 0 fully saturated rings. The highest BCUT2D eigenvalue weighted by molar-refractivity contribution is 9.10. The summed E-state index contributed by atoms with van der Waals surface area (Å²) in [5.41, 5.74) is 0.144. The lowest BCUT2D eigenvalue weighted by atomic mass is 10.1. The highest BCUT2D eigenvalue weighted by Gasteiger charge is 2.19. The smallest absolute Gasteiger partial charge is 0.268 e. The van der Waals surface area contributed by atoms with Gasteiger partial charge in [-0.2, -0.15) is 0 Å². The first-order valence-corrected chi connectivity index (χ1v) is 5.73. The standard InChI is InChI=1S/C11H13BrF2O3/c1-16-4-5-17-9-3-2-7(6-8(9)12)10(15)11(13)14/h2-3,6,10-11,15H,4-5H2,1H3. The van der Waals surface area contributed by atoms with Gasteiger partial charge in [0.15, 0.2) is 0 Å². The normalized spacial score (nSPS) is 12.8. The first kappa shape index (κ1) is 14.3.